The fourth-order valence-corrected chi connectivity index (χ4v) is 3.44. The van der Waals surface area contributed by atoms with E-state index >= 15 is 0 Å². The van der Waals surface area contributed by atoms with Gasteiger partial charge < -0.3 is 19.9 Å². The van der Waals surface area contributed by atoms with E-state index in [1.807, 2.05) is 18.3 Å². The van der Waals surface area contributed by atoms with Crippen molar-refractivity contribution in [1.82, 2.24) is 10.3 Å². The van der Waals surface area contributed by atoms with Crippen molar-refractivity contribution in [3.8, 4) is 5.75 Å². The molecule has 1 atom stereocenters. The molecule has 0 saturated carbocycles. The molecule has 0 spiro atoms. The van der Waals surface area contributed by atoms with Crippen LogP contribution in [0.3, 0.4) is 0 Å². The van der Waals surface area contributed by atoms with Crippen LogP contribution in [0.4, 0.5) is 11.5 Å². The summed E-state index contributed by atoms with van der Waals surface area (Å²) in [5, 5.41) is 3.60. The number of benzene rings is 1. The molecule has 1 saturated heterocycles. The predicted octanol–water partition coefficient (Wildman–Crippen LogP) is 3.16. The van der Waals surface area contributed by atoms with Crippen LogP contribution in [-0.4, -0.2) is 45.3 Å². The van der Waals surface area contributed by atoms with Crippen molar-refractivity contribution in [1.29, 1.82) is 0 Å². The van der Waals surface area contributed by atoms with E-state index in [0.717, 1.165) is 44.3 Å². The fraction of sp³-hybridized carbons (Fsp3) is 0.476. The van der Waals surface area contributed by atoms with Crippen LogP contribution in [0.5, 0.6) is 5.75 Å². The third-order valence-corrected chi connectivity index (χ3v) is 5.15. The SMILES string of the molecule is CCN(C)c1ccc(CNCC2CCN(c3ccccc3OC)C2)cn1. The summed E-state index contributed by atoms with van der Waals surface area (Å²) in [4.78, 5) is 9.11. The summed E-state index contributed by atoms with van der Waals surface area (Å²) in [6, 6.07) is 12.5. The summed E-state index contributed by atoms with van der Waals surface area (Å²) in [7, 11) is 3.80. The minimum absolute atomic E-state index is 0.665. The Hall–Kier alpha value is -2.27. The number of ether oxygens (including phenoxy) is 1. The summed E-state index contributed by atoms with van der Waals surface area (Å²) >= 11 is 0. The molecule has 1 aliphatic rings. The number of pyridine rings is 1. The van der Waals surface area contributed by atoms with Crippen molar-refractivity contribution in [2.45, 2.75) is 19.9 Å². The summed E-state index contributed by atoms with van der Waals surface area (Å²) in [6.07, 6.45) is 3.19. The van der Waals surface area contributed by atoms with Gasteiger partial charge in [-0.3, -0.25) is 0 Å². The van der Waals surface area contributed by atoms with E-state index in [2.05, 4.69) is 58.3 Å². The molecule has 1 aromatic carbocycles. The fourth-order valence-electron chi connectivity index (χ4n) is 3.44. The van der Waals surface area contributed by atoms with E-state index in [4.69, 9.17) is 4.74 Å². The molecule has 0 aliphatic carbocycles. The molecule has 0 radical (unpaired) electrons. The molecule has 2 heterocycles. The minimum atomic E-state index is 0.665. The summed E-state index contributed by atoms with van der Waals surface area (Å²) < 4.78 is 5.50. The van der Waals surface area contributed by atoms with Crippen LogP contribution < -0.4 is 19.9 Å². The lowest BCUT2D eigenvalue weighted by Gasteiger charge is -2.21. The number of anilines is 2. The van der Waals surface area contributed by atoms with Gasteiger partial charge in [0.2, 0.25) is 0 Å². The van der Waals surface area contributed by atoms with Gasteiger partial charge in [0.05, 0.1) is 12.8 Å². The van der Waals surface area contributed by atoms with Crippen LogP contribution >= 0.6 is 0 Å². The molecule has 2 aromatic rings. The Morgan fingerprint density at radius 3 is 2.85 bits per heavy atom. The van der Waals surface area contributed by atoms with Gasteiger partial charge in [0.25, 0.3) is 0 Å². The van der Waals surface area contributed by atoms with Crippen LogP contribution in [0.15, 0.2) is 42.6 Å². The quantitative estimate of drug-likeness (QED) is 0.789. The second kappa shape index (κ2) is 8.90. The van der Waals surface area contributed by atoms with Crippen molar-refractivity contribution in [3.63, 3.8) is 0 Å². The third kappa shape index (κ3) is 4.47. The zero-order valence-corrected chi connectivity index (χ0v) is 16.1. The maximum atomic E-state index is 5.50. The lowest BCUT2D eigenvalue weighted by atomic mass is 10.1. The second-order valence-corrected chi connectivity index (χ2v) is 6.94. The highest BCUT2D eigenvalue weighted by Gasteiger charge is 2.24. The lowest BCUT2D eigenvalue weighted by molar-refractivity contribution is 0.414. The molecule has 5 heteroatoms. The van der Waals surface area contributed by atoms with Gasteiger partial charge in [-0.2, -0.15) is 0 Å². The molecule has 26 heavy (non-hydrogen) atoms. The molecular formula is C21H30N4O. The van der Waals surface area contributed by atoms with Gasteiger partial charge in [0.1, 0.15) is 11.6 Å². The summed E-state index contributed by atoms with van der Waals surface area (Å²) in [5.74, 6) is 2.65. The van der Waals surface area contributed by atoms with Crippen LogP contribution in [0.2, 0.25) is 0 Å². The average Bonchev–Trinajstić information content (AvgIpc) is 3.16. The number of hydrogen-bond donors (Lipinski definition) is 1. The van der Waals surface area contributed by atoms with Gasteiger partial charge in [-0.25, -0.2) is 4.98 Å². The number of nitrogens with zero attached hydrogens (tertiary/aromatic N) is 3. The van der Waals surface area contributed by atoms with Crippen molar-refractivity contribution < 1.29 is 4.74 Å². The number of aromatic nitrogens is 1. The van der Waals surface area contributed by atoms with Crippen LogP contribution in [0, 0.1) is 5.92 Å². The monoisotopic (exact) mass is 354 g/mol. The Morgan fingerprint density at radius 2 is 2.12 bits per heavy atom. The largest absolute Gasteiger partial charge is 0.495 e. The van der Waals surface area contributed by atoms with E-state index in [1.54, 1.807) is 7.11 Å². The van der Waals surface area contributed by atoms with Crippen LogP contribution in [0.1, 0.15) is 18.9 Å². The van der Waals surface area contributed by atoms with E-state index in [-0.39, 0.29) is 0 Å². The second-order valence-electron chi connectivity index (χ2n) is 6.94. The highest BCUT2D eigenvalue weighted by atomic mass is 16.5. The van der Waals surface area contributed by atoms with Gasteiger partial charge in [-0.15, -0.1) is 0 Å². The lowest BCUT2D eigenvalue weighted by Crippen LogP contribution is -2.26. The molecule has 3 rings (SSSR count). The first kappa shape index (κ1) is 18.5. The Morgan fingerprint density at radius 1 is 1.27 bits per heavy atom. The summed E-state index contributed by atoms with van der Waals surface area (Å²) in [6.45, 7) is 7.16. The van der Waals surface area contributed by atoms with Crippen molar-refractivity contribution in [2.75, 3.05) is 50.1 Å². The van der Waals surface area contributed by atoms with Gasteiger partial charge in [0.15, 0.2) is 0 Å². The average molecular weight is 354 g/mol. The van der Waals surface area contributed by atoms with Crippen molar-refractivity contribution in [3.05, 3.63) is 48.2 Å². The van der Waals surface area contributed by atoms with Crippen molar-refractivity contribution >= 4 is 11.5 Å². The van der Waals surface area contributed by atoms with Gasteiger partial charge >= 0.3 is 0 Å². The topological polar surface area (TPSA) is 40.6 Å². The summed E-state index contributed by atoms with van der Waals surface area (Å²) in [5.41, 5.74) is 2.44. The zero-order valence-electron chi connectivity index (χ0n) is 16.1. The minimum Gasteiger partial charge on any atom is -0.495 e. The Kier molecular flexibility index (Phi) is 6.34. The van der Waals surface area contributed by atoms with Gasteiger partial charge in [-0.05, 0) is 43.0 Å². The van der Waals surface area contributed by atoms with Gasteiger partial charge in [-0.1, -0.05) is 18.2 Å². The Bertz CT molecular complexity index is 689. The molecule has 0 amide bonds. The van der Waals surface area contributed by atoms with E-state index in [1.165, 1.54) is 17.7 Å². The molecule has 140 valence electrons. The molecular weight excluding hydrogens is 324 g/mol. The Labute approximate surface area is 157 Å². The van der Waals surface area contributed by atoms with Crippen LogP contribution in [0.25, 0.3) is 0 Å². The highest BCUT2D eigenvalue weighted by Crippen LogP contribution is 2.31. The predicted molar refractivity (Wildman–Crippen MR) is 108 cm³/mol. The molecule has 0 bridgehead atoms. The number of methoxy groups -OCH3 is 1. The molecule has 1 fully saturated rings. The first-order valence-electron chi connectivity index (χ1n) is 9.46. The maximum absolute atomic E-state index is 5.50. The highest BCUT2D eigenvalue weighted by molar-refractivity contribution is 5.59. The molecule has 1 unspecified atom stereocenters. The van der Waals surface area contributed by atoms with Gasteiger partial charge in [0, 0.05) is 46.0 Å². The molecule has 1 aromatic heterocycles. The van der Waals surface area contributed by atoms with E-state index in [9.17, 15) is 0 Å². The molecule has 1 aliphatic heterocycles. The Balaban J connectivity index is 1.46. The number of hydrogen-bond acceptors (Lipinski definition) is 5. The zero-order chi connectivity index (χ0) is 18.4. The third-order valence-electron chi connectivity index (χ3n) is 5.15. The van der Waals surface area contributed by atoms with Crippen LogP contribution in [-0.2, 0) is 6.54 Å². The number of rotatable bonds is 8. The molecule has 1 N–H and O–H groups in total. The van der Waals surface area contributed by atoms with E-state index in [0.29, 0.717) is 5.92 Å². The number of para-hydroxylation sites is 2. The smallest absolute Gasteiger partial charge is 0.142 e. The number of nitrogens with one attached hydrogen (secondary N) is 1. The maximum Gasteiger partial charge on any atom is 0.142 e. The van der Waals surface area contributed by atoms with Crippen molar-refractivity contribution in [2.24, 2.45) is 5.92 Å². The standard InChI is InChI=1S/C21H30N4O/c1-4-24(2)21-10-9-17(15-23-21)13-22-14-18-11-12-25(16-18)19-7-5-6-8-20(19)26-3/h5-10,15,18,22H,4,11-14,16H2,1-3H3. The first-order valence-corrected chi connectivity index (χ1v) is 9.46. The first-order chi connectivity index (χ1) is 12.7. The van der Waals surface area contributed by atoms with E-state index < -0.39 is 0 Å². The molecule has 5 nitrogen and oxygen atoms in total. The normalized spacial score (nSPS) is 16.7.